The maximum atomic E-state index is 13.5. The minimum atomic E-state index is -0.287. The third-order valence-electron chi connectivity index (χ3n) is 5.66. The number of anilines is 1. The Hall–Kier alpha value is -2.89. The highest BCUT2D eigenvalue weighted by atomic mass is 19.1. The Morgan fingerprint density at radius 2 is 2.11 bits per heavy atom. The van der Waals surface area contributed by atoms with E-state index in [4.69, 9.17) is 0 Å². The summed E-state index contributed by atoms with van der Waals surface area (Å²) in [5.41, 5.74) is 3.89. The van der Waals surface area contributed by atoms with Gasteiger partial charge in [-0.1, -0.05) is 18.2 Å². The molecule has 1 aromatic heterocycles. The summed E-state index contributed by atoms with van der Waals surface area (Å²) in [6, 6.07) is 12.8. The van der Waals surface area contributed by atoms with Gasteiger partial charge in [-0.25, -0.2) is 9.37 Å². The Bertz CT molecular complexity index is 1010. The number of imidazole rings is 1. The molecule has 1 N–H and O–H groups in total. The van der Waals surface area contributed by atoms with Crippen LogP contribution in [0.15, 0.2) is 42.5 Å². The third kappa shape index (κ3) is 2.85. The van der Waals surface area contributed by atoms with E-state index < -0.39 is 0 Å². The van der Waals surface area contributed by atoms with Crippen molar-refractivity contribution < 1.29 is 9.18 Å². The molecule has 3 heterocycles. The Labute approximate surface area is 156 Å². The monoisotopic (exact) mass is 364 g/mol. The number of amides is 1. The molecule has 2 aromatic carbocycles. The molecule has 0 saturated carbocycles. The number of likely N-dealkylation sites (tertiary alicyclic amines) is 1. The number of carbonyl (C=O) groups excluding carboxylic acids is 1. The molecule has 1 saturated heterocycles. The summed E-state index contributed by atoms with van der Waals surface area (Å²) in [6.45, 7) is 2.01. The lowest BCUT2D eigenvalue weighted by atomic mass is 10.2. The predicted molar refractivity (Wildman–Crippen MR) is 102 cm³/mol. The molecule has 1 atom stereocenters. The van der Waals surface area contributed by atoms with Crippen molar-refractivity contribution in [2.45, 2.75) is 25.3 Å². The van der Waals surface area contributed by atoms with Gasteiger partial charge in [-0.15, -0.1) is 0 Å². The summed E-state index contributed by atoms with van der Waals surface area (Å²) in [4.78, 5) is 25.0. The summed E-state index contributed by atoms with van der Waals surface area (Å²) >= 11 is 0. The largest absolute Gasteiger partial charge is 0.362 e. The normalized spacial score (nSPS) is 19.1. The number of fused-ring (bicyclic) bond motifs is 2. The van der Waals surface area contributed by atoms with Gasteiger partial charge in [-0.3, -0.25) is 4.79 Å². The molecule has 0 aliphatic carbocycles. The highest BCUT2D eigenvalue weighted by Gasteiger charge is 2.33. The molecular formula is C21H21FN4O. The number of nitrogens with one attached hydrogen (secondary N) is 1. The first-order valence-corrected chi connectivity index (χ1v) is 9.46. The minimum Gasteiger partial charge on any atom is -0.362 e. The highest BCUT2D eigenvalue weighted by Crippen LogP contribution is 2.33. The second-order valence-electron chi connectivity index (χ2n) is 7.33. The van der Waals surface area contributed by atoms with Crippen LogP contribution in [-0.2, 0) is 11.2 Å². The predicted octanol–water partition coefficient (Wildman–Crippen LogP) is 3.43. The van der Waals surface area contributed by atoms with E-state index in [0.717, 1.165) is 43.7 Å². The van der Waals surface area contributed by atoms with E-state index in [1.807, 2.05) is 17.0 Å². The molecule has 138 valence electrons. The molecule has 27 heavy (non-hydrogen) atoms. The SMILES string of the molecule is O=C(CN1CCc2ccccc21)N1CCCC1c1nc2ccc(F)cc2[nH]1. The zero-order valence-electron chi connectivity index (χ0n) is 15.0. The Morgan fingerprint density at radius 3 is 3.04 bits per heavy atom. The minimum absolute atomic E-state index is 0.0641. The first-order valence-electron chi connectivity index (χ1n) is 9.46. The quantitative estimate of drug-likeness (QED) is 0.775. The molecule has 3 aromatic rings. The lowest BCUT2D eigenvalue weighted by Gasteiger charge is -2.27. The molecule has 0 spiro atoms. The molecule has 1 fully saturated rings. The average molecular weight is 364 g/mol. The second-order valence-corrected chi connectivity index (χ2v) is 7.33. The van der Waals surface area contributed by atoms with Crippen LogP contribution in [0, 0.1) is 5.82 Å². The fraction of sp³-hybridized carbons (Fsp3) is 0.333. The first kappa shape index (κ1) is 16.3. The maximum Gasteiger partial charge on any atom is 0.242 e. The van der Waals surface area contributed by atoms with Crippen molar-refractivity contribution in [1.29, 1.82) is 0 Å². The number of aromatic nitrogens is 2. The van der Waals surface area contributed by atoms with Crippen molar-refractivity contribution in [3.63, 3.8) is 0 Å². The molecule has 2 aliphatic heterocycles. The van der Waals surface area contributed by atoms with Crippen LogP contribution in [0.5, 0.6) is 0 Å². The molecule has 5 rings (SSSR count). The molecule has 1 unspecified atom stereocenters. The van der Waals surface area contributed by atoms with Crippen LogP contribution in [0.4, 0.5) is 10.1 Å². The fourth-order valence-electron chi connectivity index (χ4n) is 4.33. The number of aromatic amines is 1. The number of hydrogen-bond acceptors (Lipinski definition) is 3. The number of carbonyl (C=O) groups is 1. The van der Waals surface area contributed by atoms with Crippen molar-refractivity contribution in [2.75, 3.05) is 24.5 Å². The Kier molecular flexibility index (Phi) is 3.85. The van der Waals surface area contributed by atoms with Gasteiger partial charge in [0.1, 0.15) is 11.6 Å². The molecule has 6 heteroatoms. The van der Waals surface area contributed by atoms with Gasteiger partial charge in [0, 0.05) is 18.8 Å². The van der Waals surface area contributed by atoms with Gasteiger partial charge >= 0.3 is 0 Å². The zero-order valence-corrected chi connectivity index (χ0v) is 15.0. The lowest BCUT2D eigenvalue weighted by Crippen LogP contribution is -2.39. The van der Waals surface area contributed by atoms with Crippen molar-refractivity contribution in [1.82, 2.24) is 14.9 Å². The zero-order chi connectivity index (χ0) is 18.4. The number of benzene rings is 2. The third-order valence-corrected chi connectivity index (χ3v) is 5.66. The van der Waals surface area contributed by atoms with Crippen molar-refractivity contribution in [3.05, 3.63) is 59.7 Å². The van der Waals surface area contributed by atoms with Crippen molar-refractivity contribution >= 4 is 22.6 Å². The van der Waals surface area contributed by atoms with E-state index in [1.54, 1.807) is 6.07 Å². The Balaban J connectivity index is 1.37. The summed E-state index contributed by atoms with van der Waals surface area (Å²) in [5.74, 6) is 0.592. The van der Waals surface area contributed by atoms with E-state index in [-0.39, 0.29) is 17.8 Å². The van der Waals surface area contributed by atoms with Gasteiger partial charge in [0.2, 0.25) is 5.91 Å². The van der Waals surface area contributed by atoms with Crippen molar-refractivity contribution in [3.8, 4) is 0 Å². The molecule has 1 amide bonds. The summed E-state index contributed by atoms with van der Waals surface area (Å²) in [7, 11) is 0. The lowest BCUT2D eigenvalue weighted by molar-refractivity contribution is -0.130. The first-order chi connectivity index (χ1) is 13.2. The summed E-state index contributed by atoms with van der Waals surface area (Å²) < 4.78 is 13.5. The van der Waals surface area contributed by atoms with Crippen LogP contribution >= 0.6 is 0 Å². The maximum absolute atomic E-state index is 13.5. The molecule has 5 nitrogen and oxygen atoms in total. The number of rotatable bonds is 3. The Morgan fingerprint density at radius 1 is 1.22 bits per heavy atom. The second kappa shape index (κ2) is 6.37. The van der Waals surface area contributed by atoms with Crippen LogP contribution in [0.3, 0.4) is 0 Å². The standard InChI is InChI=1S/C21H21FN4O/c22-15-7-8-16-17(12-15)24-21(23-16)19-6-3-10-26(19)20(27)13-25-11-9-14-4-1-2-5-18(14)25/h1-2,4-5,7-8,12,19H,3,6,9-11,13H2,(H,23,24). The molecular weight excluding hydrogens is 343 g/mol. The van der Waals surface area contributed by atoms with E-state index in [0.29, 0.717) is 12.1 Å². The van der Waals surface area contributed by atoms with Crippen LogP contribution in [0.1, 0.15) is 30.3 Å². The average Bonchev–Trinajstić information content (AvgIpc) is 3.39. The van der Waals surface area contributed by atoms with Crippen molar-refractivity contribution in [2.24, 2.45) is 0 Å². The van der Waals surface area contributed by atoms with Crippen LogP contribution in [0.2, 0.25) is 0 Å². The van der Waals surface area contributed by atoms with Gasteiger partial charge in [-0.05, 0) is 49.1 Å². The smallest absolute Gasteiger partial charge is 0.242 e. The van der Waals surface area contributed by atoms with E-state index >= 15 is 0 Å². The van der Waals surface area contributed by atoms with Crippen LogP contribution in [-0.4, -0.2) is 40.4 Å². The van der Waals surface area contributed by atoms with Gasteiger partial charge < -0.3 is 14.8 Å². The van der Waals surface area contributed by atoms with Crippen LogP contribution in [0.25, 0.3) is 11.0 Å². The fourth-order valence-corrected chi connectivity index (χ4v) is 4.33. The number of para-hydroxylation sites is 1. The molecule has 0 radical (unpaired) electrons. The summed E-state index contributed by atoms with van der Waals surface area (Å²) in [6.07, 6.45) is 2.82. The highest BCUT2D eigenvalue weighted by molar-refractivity contribution is 5.83. The topological polar surface area (TPSA) is 52.2 Å². The number of H-pyrrole nitrogens is 1. The van der Waals surface area contributed by atoms with Gasteiger partial charge in [0.15, 0.2) is 0 Å². The summed E-state index contributed by atoms with van der Waals surface area (Å²) in [5, 5.41) is 0. The molecule has 2 aliphatic rings. The van der Waals surface area contributed by atoms with Gasteiger partial charge in [0.25, 0.3) is 0 Å². The van der Waals surface area contributed by atoms with Gasteiger partial charge in [0.05, 0.1) is 23.6 Å². The van der Waals surface area contributed by atoms with E-state index in [2.05, 4.69) is 27.0 Å². The number of hydrogen-bond donors (Lipinski definition) is 1. The number of halogens is 1. The van der Waals surface area contributed by atoms with E-state index in [1.165, 1.54) is 23.4 Å². The number of nitrogens with zero attached hydrogens (tertiary/aromatic N) is 3. The van der Waals surface area contributed by atoms with E-state index in [9.17, 15) is 9.18 Å². The van der Waals surface area contributed by atoms with Gasteiger partial charge in [-0.2, -0.15) is 0 Å². The van der Waals surface area contributed by atoms with Crippen LogP contribution < -0.4 is 4.90 Å². The molecule has 0 bridgehead atoms.